The maximum absolute atomic E-state index is 6.40. The molecule has 3 rings (SSSR count). The maximum atomic E-state index is 6.40. The van der Waals surface area contributed by atoms with E-state index in [1.807, 2.05) is 58.9 Å². The highest BCUT2D eigenvalue weighted by Gasteiger charge is 2.52. The van der Waals surface area contributed by atoms with Gasteiger partial charge in [-0.25, -0.2) is 4.98 Å². The van der Waals surface area contributed by atoms with E-state index < -0.39 is 7.12 Å². The van der Waals surface area contributed by atoms with Crippen molar-refractivity contribution in [1.82, 2.24) is 4.98 Å². The summed E-state index contributed by atoms with van der Waals surface area (Å²) in [5.74, 6) is 0. The number of hydrogen-bond donors (Lipinski definition) is 0. The van der Waals surface area contributed by atoms with E-state index in [-0.39, 0.29) is 11.2 Å². The standard InChI is InChI=1S/C16H19BClNO2/c1-10-11-8-6-7-9-12(11)19-14(18)13(10)17-20-15(2,3)16(4,5)21-17/h6-9H,1-5H3. The van der Waals surface area contributed by atoms with Crippen LogP contribution in [0.1, 0.15) is 33.3 Å². The Balaban J connectivity index is 2.14. The van der Waals surface area contributed by atoms with Crippen LogP contribution >= 0.6 is 11.6 Å². The molecule has 0 saturated carbocycles. The largest absolute Gasteiger partial charge is 0.498 e. The van der Waals surface area contributed by atoms with Gasteiger partial charge < -0.3 is 9.31 Å². The van der Waals surface area contributed by atoms with Crippen molar-refractivity contribution >= 4 is 35.1 Å². The first kappa shape index (κ1) is 14.8. The van der Waals surface area contributed by atoms with Crippen LogP contribution < -0.4 is 5.46 Å². The third kappa shape index (κ3) is 2.26. The first-order chi connectivity index (χ1) is 9.73. The van der Waals surface area contributed by atoms with Crippen molar-refractivity contribution < 1.29 is 9.31 Å². The quantitative estimate of drug-likeness (QED) is 0.597. The van der Waals surface area contributed by atoms with Gasteiger partial charge in [-0.15, -0.1) is 0 Å². The van der Waals surface area contributed by atoms with Crippen LogP contribution in [-0.4, -0.2) is 23.3 Å². The third-order valence-electron chi connectivity index (χ3n) is 4.64. The van der Waals surface area contributed by atoms with E-state index in [4.69, 9.17) is 20.9 Å². The zero-order valence-corrected chi connectivity index (χ0v) is 13.8. The van der Waals surface area contributed by atoms with Crippen molar-refractivity contribution in [2.24, 2.45) is 0 Å². The van der Waals surface area contributed by atoms with Gasteiger partial charge >= 0.3 is 7.12 Å². The lowest BCUT2D eigenvalue weighted by Gasteiger charge is -2.32. The zero-order valence-electron chi connectivity index (χ0n) is 13.0. The number of benzene rings is 1. The summed E-state index contributed by atoms with van der Waals surface area (Å²) >= 11 is 6.40. The molecule has 0 amide bonds. The molecular weight excluding hydrogens is 284 g/mol. The summed E-state index contributed by atoms with van der Waals surface area (Å²) < 4.78 is 12.2. The normalized spacial score (nSPS) is 20.2. The second kappa shape index (κ2) is 4.70. The first-order valence-electron chi connectivity index (χ1n) is 7.13. The number of nitrogens with zero attached hydrogens (tertiary/aromatic N) is 1. The van der Waals surface area contributed by atoms with Crippen LogP contribution in [0.2, 0.25) is 5.15 Å². The number of hydrogen-bond acceptors (Lipinski definition) is 3. The minimum Gasteiger partial charge on any atom is -0.399 e. The van der Waals surface area contributed by atoms with Gasteiger partial charge in [0.05, 0.1) is 16.7 Å². The second-order valence-corrected chi connectivity index (χ2v) is 6.90. The predicted molar refractivity (Wildman–Crippen MR) is 87.2 cm³/mol. The fraction of sp³-hybridized carbons (Fsp3) is 0.438. The molecule has 0 bridgehead atoms. The Bertz CT molecular complexity index is 699. The molecule has 2 heterocycles. The number of para-hydroxylation sites is 1. The Labute approximate surface area is 130 Å². The van der Waals surface area contributed by atoms with Crippen LogP contribution in [0.4, 0.5) is 0 Å². The van der Waals surface area contributed by atoms with Gasteiger partial charge in [0.1, 0.15) is 5.15 Å². The summed E-state index contributed by atoms with van der Waals surface area (Å²) in [6.45, 7) is 10.2. The highest BCUT2D eigenvalue weighted by atomic mass is 35.5. The monoisotopic (exact) mass is 303 g/mol. The Morgan fingerprint density at radius 3 is 2.24 bits per heavy atom. The molecule has 1 aliphatic rings. The van der Waals surface area contributed by atoms with E-state index in [9.17, 15) is 0 Å². The number of aromatic nitrogens is 1. The molecule has 5 heteroatoms. The molecule has 1 aromatic carbocycles. The molecule has 21 heavy (non-hydrogen) atoms. The molecule has 3 nitrogen and oxygen atoms in total. The van der Waals surface area contributed by atoms with E-state index in [1.54, 1.807) is 0 Å². The molecule has 1 aromatic heterocycles. The summed E-state index contributed by atoms with van der Waals surface area (Å²) in [6.07, 6.45) is 0. The zero-order chi connectivity index (χ0) is 15.4. The minimum atomic E-state index is -0.486. The number of halogens is 1. The number of pyridine rings is 1. The Morgan fingerprint density at radius 1 is 1.05 bits per heavy atom. The van der Waals surface area contributed by atoms with Crippen LogP contribution in [0.25, 0.3) is 10.9 Å². The topological polar surface area (TPSA) is 31.4 Å². The van der Waals surface area contributed by atoms with Gasteiger partial charge in [0.25, 0.3) is 0 Å². The molecule has 0 spiro atoms. The van der Waals surface area contributed by atoms with Crippen molar-refractivity contribution in [1.29, 1.82) is 0 Å². The lowest BCUT2D eigenvalue weighted by atomic mass is 9.76. The van der Waals surface area contributed by atoms with E-state index in [0.29, 0.717) is 5.15 Å². The number of rotatable bonds is 1. The van der Waals surface area contributed by atoms with Gasteiger partial charge in [-0.2, -0.15) is 0 Å². The summed E-state index contributed by atoms with van der Waals surface area (Å²) in [6, 6.07) is 7.96. The first-order valence-corrected chi connectivity index (χ1v) is 7.51. The lowest BCUT2D eigenvalue weighted by Crippen LogP contribution is -2.41. The highest BCUT2D eigenvalue weighted by Crippen LogP contribution is 2.37. The van der Waals surface area contributed by atoms with Crippen LogP contribution in [0.3, 0.4) is 0 Å². The summed E-state index contributed by atoms with van der Waals surface area (Å²) in [5.41, 5.74) is 2.00. The highest BCUT2D eigenvalue weighted by molar-refractivity contribution is 6.66. The number of aryl methyl sites for hydroxylation is 1. The van der Waals surface area contributed by atoms with Gasteiger partial charge in [0, 0.05) is 10.8 Å². The lowest BCUT2D eigenvalue weighted by molar-refractivity contribution is 0.00578. The molecule has 1 saturated heterocycles. The van der Waals surface area contributed by atoms with E-state index in [0.717, 1.165) is 21.9 Å². The van der Waals surface area contributed by atoms with E-state index >= 15 is 0 Å². The molecule has 0 aliphatic carbocycles. The summed E-state index contributed by atoms with van der Waals surface area (Å²) in [7, 11) is -0.486. The van der Waals surface area contributed by atoms with Gasteiger partial charge in [-0.3, -0.25) is 0 Å². The molecule has 1 aliphatic heterocycles. The fourth-order valence-corrected chi connectivity index (χ4v) is 2.91. The maximum Gasteiger partial charge on any atom is 0.498 e. The van der Waals surface area contributed by atoms with Crippen LogP contribution in [0.15, 0.2) is 24.3 Å². The minimum absolute atomic E-state index is 0.390. The molecule has 2 aromatic rings. The Morgan fingerprint density at radius 2 is 1.62 bits per heavy atom. The molecule has 110 valence electrons. The van der Waals surface area contributed by atoms with E-state index in [1.165, 1.54) is 0 Å². The van der Waals surface area contributed by atoms with Crippen molar-refractivity contribution in [2.45, 2.75) is 45.8 Å². The van der Waals surface area contributed by atoms with E-state index in [2.05, 4.69) is 4.98 Å². The SMILES string of the molecule is Cc1c(B2OC(C)(C)C(C)(C)O2)c(Cl)nc2ccccc12. The molecule has 0 atom stereocenters. The van der Waals surface area contributed by atoms with Crippen LogP contribution in [-0.2, 0) is 9.31 Å². The Hall–Kier alpha value is -1.10. The van der Waals surface area contributed by atoms with Gasteiger partial charge in [-0.1, -0.05) is 29.8 Å². The summed E-state index contributed by atoms with van der Waals surface area (Å²) in [5, 5.41) is 1.52. The molecule has 0 unspecified atom stereocenters. The van der Waals surface area contributed by atoms with Crippen molar-refractivity contribution in [3.8, 4) is 0 Å². The second-order valence-electron chi connectivity index (χ2n) is 6.55. The average Bonchev–Trinajstić information content (AvgIpc) is 2.58. The van der Waals surface area contributed by atoms with Crippen LogP contribution in [0.5, 0.6) is 0 Å². The van der Waals surface area contributed by atoms with Gasteiger partial charge in [-0.05, 0) is 46.2 Å². The van der Waals surface area contributed by atoms with Gasteiger partial charge in [0.15, 0.2) is 0 Å². The fourth-order valence-electron chi connectivity index (χ4n) is 2.59. The van der Waals surface area contributed by atoms with Crippen molar-refractivity contribution in [3.63, 3.8) is 0 Å². The molecule has 1 fully saturated rings. The number of fused-ring (bicyclic) bond motifs is 1. The average molecular weight is 304 g/mol. The predicted octanol–water partition coefficient (Wildman–Crippen LogP) is 3.50. The molecule has 0 N–H and O–H groups in total. The smallest absolute Gasteiger partial charge is 0.399 e. The summed E-state index contributed by atoms with van der Waals surface area (Å²) in [4.78, 5) is 4.48. The third-order valence-corrected chi connectivity index (χ3v) is 4.93. The molecular formula is C16H19BClNO2. The van der Waals surface area contributed by atoms with Crippen LogP contribution in [0, 0.1) is 6.92 Å². The molecule has 0 radical (unpaired) electrons. The van der Waals surface area contributed by atoms with Crippen molar-refractivity contribution in [3.05, 3.63) is 35.0 Å². The van der Waals surface area contributed by atoms with Crippen molar-refractivity contribution in [2.75, 3.05) is 0 Å². The van der Waals surface area contributed by atoms with Gasteiger partial charge in [0.2, 0.25) is 0 Å². The Kier molecular flexibility index (Phi) is 3.32.